The Labute approximate surface area is 111 Å². The minimum absolute atomic E-state index is 0.237. The molecular formula is C14H17N3O2. The number of amides is 1. The summed E-state index contributed by atoms with van der Waals surface area (Å²) in [5, 5.41) is 0.829. The Morgan fingerprint density at radius 1 is 1.32 bits per heavy atom. The number of nitrogens with one attached hydrogen (secondary N) is 1. The number of nitrogen functional groups attached to an aromatic ring is 1. The molecule has 1 amide bonds. The quantitative estimate of drug-likeness (QED) is 0.811. The second kappa shape index (κ2) is 4.85. The highest BCUT2D eigenvalue weighted by Crippen LogP contribution is 2.20. The Bertz CT molecular complexity index is 618. The van der Waals surface area contributed by atoms with Gasteiger partial charge in [-0.3, -0.25) is 9.63 Å². The van der Waals surface area contributed by atoms with Crippen LogP contribution in [0.1, 0.15) is 31.3 Å². The number of hydroxylamine groups is 1. The lowest BCUT2D eigenvalue weighted by atomic mass is 10.1. The van der Waals surface area contributed by atoms with Crippen molar-refractivity contribution in [1.29, 1.82) is 0 Å². The second-order valence-electron chi connectivity index (χ2n) is 5.26. The Kier molecular flexibility index (Phi) is 3.40. The number of benzene rings is 1. The molecule has 0 aliphatic carbocycles. The van der Waals surface area contributed by atoms with E-state index in [0.29, 0.717) is 11.2 Å². The van der Waals surface area contributed by atoms with Gasteiger partial charge in [-0.2, -0.15) is 0 Å². The Morgan fingerprint density at radius 2 is 2.00 bits per heavy atom. The van der Waals surface area contributed by atoms with Gasteiger partial charge in [0, 0.05) is 11.1 Å². The van der Waals surface area contributed by atoms with Crippen molar-refractivity contribution in [3.63, 3.8) is 0 Å². The highest BCUT2D eigenvalue weighted by atomic mass is 16.7. The van der Waals surface area contributed by atoms with Crippen LogP contribution in [0.3, 0.4) is 0 Å². The van der Waals surface area contributed by atoms with Crippen LogP contribution in [0.4, 0.5) is 5.69 Å². The molecule has 19 heavy (non-hydrogen) atoms. The van der Waals surface area contributed by atoms with E-state index in [2.05, 4.69) is 10.5 Å². The van der Waals surface area contributed by atoms with Gasteiger partial charge < -0.3 is 5.73 Å². The lowest BCUT2D eigenvalue weighted by Crippen LogP contribution is -2.34. The fraction of sp³-hybridized carbons (Fsp3) is 0.286. The number of para-hydroxylation sites is 1. The SMILES string of the molecule is CC(C)(C)ONC(=O)c1cc(N)c2ccccc2n1. The third kappa shape index (κ3) is 3.20. The minimum atomic E-state index is -0.460. The molecule has 0 radical (unpaired) electrons. The van der Waals surface area contributed by atoms with Crippen molar-refractivity contribution in [2.45, 2.75) is 26.4 Å². The molecule has 1 aromatic carbocycles. The molecule has 0 atom stereocenters. The van der Waals surface area contributed by atoms with Crippen LogP contribution in [0.5, 0.6) is 0 Å². The van der Waals surface area contributed by atoms with Gasteiger partial charge >= 0.3 is 0 Å². The van der Waals surface area contributed by atoms with Crippen LogP contribution < -0.4 is 11.2 Å². The largest absolute Gasteiger partial charge is 0.398 e. The van der Waals surface area contributed by atoms with Crippen molar-refractivity contribution in [3.8, 4) is 0 Å². The molecule has 2 rings (SSSR count). The first-order chi connectivity index (χ1) is 8.87. The normalized spacial score (nSPS) is 11.5. The zero-order valence-corrected chi connectivity index (χ0v) is 11.2. The molecule has 5 nitrogen and oxygen atoms in total. The minimum Gasteiger partial charge on any atom is -0.398 e. The summed E-state index contributed by atoms with van der Waals surface area (Å²) in [6.45, 7) is 5.53. The summed E-state index contributed by atoms with van der Waals surface area (Å²) in [7, 11) is 0. The summed E-state index contributed by atoms with van der Waals surface area (Å²) < 4.78 is 0. The van der Waals surface area contributed by atoms with Crippen LogP contribution in [0.15, 0.2) is 30.3 Å². The number of fused-ring (bicyclic) bond motifs is 1. The van der Waals surface area contributed by atoms with Crippen LogP contribution >= 0.6 is 0 Å². The van der Waals surface area contributed by atoms with Crippen LogP contribution in [-0.2, 0) is 4.84 Å². The predicted octanol–water partition coefficient (Wildman–Crippen LogP) is 2.28. The Hall–Kier alpha value is -2.14. The fourth-order valence-electron chi connectivity index (χ4n) is 1.57. The summed E-state index contributed by atoms with van der Waals surface area (Å²) in [6.07, 6.45) is 0. The zero-order valence-electron chi connectivity index (χ0n) is 11.2. The highest BCUT2D eigenvalue weighted by molar-refractivity contribution is 5.98. The maximum Gasteiger partial charge on any atom is 0.293 e. The van der Waals surface area contributed by atoms with Gasteiger partial charge in [0.25, 0.3) is 5.91 Å². The van der Waals surface area contributed by atoms with E-state index >= 15 is 0 Å². The van der Waals surface area contributed by atoms with E-state index in [0.717, 1.165) is 5.39 Å². The number of rotatable bonds is 2. The van der Waals surface area contributed by atoms with E-state index in [1.165, 1.54) is 0 Å². The molecule has 0 aliphatic heterocycles. The number of carbonyl (C=O) groups excluding carboxylic acids is 1. The van der Waals surface area contributed by atoms with Crippen molar-refractivity contribution < 1.29 is 9.63 Å². The van der Waals surface area contributed by atoms with Gasteiger partial charge in [0.2, 0.25) is 0 Å². The lowest BCUT2D eigenvalue weighted by Gasteiger charge is -2.18. The van der Waals surface area contributed by atoms with Gasteiger partial charge in [-0.05, 0) is 32.9 Å². The molecule has 0 bridgehead atoms. The average Bonchev–Trinajstić information content (AvgIpc) is 2.35. The van der Waals surface area contributed by atoms with Gasteiger partial charge in [-0.15, -0.1) is 0 Å². The molecule has 2 aromatic rings. The molecule has 100 valence electrons. The Morgan fingerprint density at radius 3 is 2.68 bits per heavy atom. The number of carbonyl (C=O) groups is 1. The standard InChI is InChI=1S/C14H17N3O2/c1-14(2,3)19-17-13(18)12-8-10(15)9-6-4-5-7-11(9)16-12/h4-8H,1-3H3,(H2,15,16)(H,17,18). The predicted molar refractivity (Wildman–Crippen MR) is 74.5 cm³/mol. The third-order valence-electron chi connectivity index (χ3n) is 2.43. The van der Waals surface area contributed by atoms with E-state index in [-0.39, 0.29) is 5.69 Å². The molecule has 1 aromatic heterocycles. The van der Waals surface area contributed by atoms with Crippen LogP contribution in [0.2, 0.25) is 0 Å². The molecule has 0 saturated carbocycles. The fourth-order valence-corrected chi connectivity index (χ4v) is 1.57. The molecule has 0 aliphatic rings. The second-order valence-corrected chi connectivity index (χ2v) is 5.26. The number of hydrogen-bond acceptors (Lipinski definition) is 4. The topological polar surface area (TPSA) is 77.2 Å². The number of hydrogen-bond donors (Lipinski definition) is 2. The first-order valence-corrected chi connectivity index (χ1v) is 6.00. The molecular weight excluding hydrogens is 242 g/mol. The number of anilines is 1. The van der Waals surface area contributed by atoms with Crippen LogP contribution in [0.25, 0.3) is 10.9 Å². The first-order valence-electron chi connectivity index (χ1n) is 6.00. The molecule has 0 fully saturated rings. The summed E-state index contributed by atoms with van der Waals surface area (Å²) in [5.41, 5.74) is 9.27. The third-order valence-corrected chi connectivity index (χ3v) is 2.43. The molecule has 1 heterocycles. The number of nitrogens with zero attached hydrogens (tertiary/aromatic N) is 1. The molecule has 0 unspecified atom stereocenters. The van der Waals surface area contributed by atoms with E-state index in [4.69, 9.17) is 10.6 Å². The summed E-state index contributed by atoms with van der Waals surface area (Å²) in [5.74, 6) is -0.410. The van der Waals surface area contributed by atoms with Crippen molar-refractivity contribution in [2.24, 2.45) is 0 Å². The van der Waals surface area contributed by atoms with Crippen LogP contribution in [-0.4, -0.2) is 16.5 Å². The van der Waals surface area contributed by atoms with Crippen molar-refractivity contribution >= 4 is 22.5 Å². The number of pyridine rings is 1. The summed E-state index contributed by atoms with van der Waals surface area (Å²) in [4.78, 5) is 21.4. The van der Waals surface area contributed by atoms with Gasteiger partial charge in [0.05, 0.1) is 11.1 Å². The maximum atomic E-state index is 11.9. The van der Waals surface area contributed by atoms with Crippen molar-refractivity contribution in [1.82, 2.24) is 10.5 Å². The van der Waals surface area contributed by atoms with E-state index < -0.39 is 11.5 Å². The smallest absolute Gasteiger partial charge is 0.293 e. The molecule has 3 N–H and O–H groups in total. The summed E-state index contributed by atoms with van der Waals surface area (Å²) >= 11 is 0. The van der Waals surface area contributed by atoms with Crippen molar-refractivity contribution in [3.05, 3.63) is 36.0 Å². The molecule has 0 saturated heterocycles. The maximum absolute atomic E-state index is 11.9. The average molecular weight is 259 g/mol. The highest BCUT2D eigenvalue weighted by Gasteiger charge is 2.15. The number of aromatic nitrogens is 1. The van der Waals surface area contributed by atoms with Gasteiger partial charge in [0.15, 0.2) is 0 Å². The molecule has 0 spiro atoms. The van der Waals surface area contributed by atoms with Crippen molar-refractivity contribution in [2.75, 3.05) is 5.73 Å². The van der Waals surface area contributed by atoms with E-state index in [9.17, 15) is 4.79 Å². The monoisotopic (exact) mass is 259 g/mol. The van der Waals surface area contributed by atoms with Gasteiger partial charge in [-0.1, -0.05) is 18.2 Å². The van der Waals surface area contributed by atoms with Gasteiger partial charge in [-0.25, -0.2) is 10.5 Å². The Balaban J connectivity index is 2.28. The number of nitrogens with two attached hydrogens (primary N) is 1. The zero-order chi connectivity index (χ0) is 14.0. The summed E-state index contributed by atoms with van der Waals surface area (Å²) in [6, 6.07) is 8.95. The van der Waals surface area contributed by atoms with Crippen LogP contribution in [0, 0.1) is 0 Å². The first kappa shape index (κ1) is 13.3. The van der Waals surface area contributed by atoms with Gasteiger partial charge in [0.1, 0.15) is 5.69 Å². The molecule has 5 heteroatoms. The lowest BCUT2D eigenvalue weighted by molar-refractivity contribution is -0.0591. The van der Waals surface area contributed by atoms with E-state index in [1.54, 1.807) is 6.07 Å². The van der Waals surface area contributed by atoms with E-state index in [1.807, 2.05) is 45.0 Å².